The van der Waals surface area contributed by atoms with Gasteiger partial charge in [0.05, 0.1) is 17.7 Å². The van der Waals surface area contributed by atoms with Crippen molar-refractivity contribution in [1.82, 2.24) is 10.2 Å². The molecule has 2 amide bonds. The molecule has 1 N–H and O–H groups in total. The minimum absolute atomic E-state index is 0.0814. The fourth-order valence-electron chi connectivity index (χ4n) is 4.44. The van der Waals surface area contributed by atoms with Crippen LogP contribution in [0.4, 0.5) is 5.69 Å². The van der Waals surface area contributed by atoms with Crippen LogP contribution >= 0.6 is 0 Å². The monoisotopic (exact) mass is 579 g/mol. The molecule has 0 radical (unpaired) electrons. The minimum Gasteiger partial charge on any atom is -0.497 e. The molecule has 41 heavy (non-hydrogen) atoms. The molecule has 0 heterocycles. The zero-order chi connectivity index (χ0) is 30.3. The molecule has 0 fully saturated rings. The molecule has 220 valence electrons. The van der Waals surface area contributed by atoms with E-state index < -0.39 is 28.5 Å². The van der Waals surface area contributed by atoms with E-state index in [1.165, 1.54) is 4.90 Å². The van der Waals surface area contributed by atoms with Crippen LogP contribution in [0.25, 0.3) is 0 Å². The van der Waals surface area contributed by atoms with Crippen LogP contribution in [0.3, 0.4) is 0 Å². The molecule has 9 heteroatoms. The lowest BCUT2D eigenvalue weighted by Gasteiger charge is -2.32. The summed E-state index contributed by atoms with van der Waals surface area (Å²) in [6.45, 7) is 11.3. The quantitative estimate of drug-likeness (QED) is 0.326. The number of hydrogen-bond acceptors (Lipinski definition) is 5. The average Bonchev–Trinajstić information content (AvgIpc) is 2.93. The van der Waals surface area contributed by atoms with Gasteiger partial charge in [0.15, 0.2) is 0 Å². The Morgan fingerprint density at radius 1 is 0.902 bits per heavy atom. The van der Waals surface area contributed by atoms with E-state index in [4.69, 9.17) is 4.74 Å². The molecule has 0 bridgehead atoms. The second kappa shape index (κ2) is 13.7. The van der Waals surface area contributed by atoms with E-state index in [0.29, 0.717) is 18.0 Å². The highest BCUT2D eigenvalue weighted by molar-refractivity contribution is 7.92. The van der Waals surface area contributed by atoms with Gasteiger partial charge >= 0.3 is 0 Å². The summed E-state index contributed by atoms with van der Waals surface area (Å²) in [6.07, 6.45) is 0. The third-order valence-corrected chi connectivity index (χ3v) is 8.62. The predicted octanol–water partition coefficient (Wildman–Crippen LogP) is 5.01. The molecule has 0 saturated carbocycles. The number of nitrogens with zero attached hydrogens (tertiary/aromatic N) is 2. The fraction of sp³-hybridized carbons (Fsp3) is 0.375. The number of methoxy groups -OCH3 is 1. The van der Waals surface area contributed by atoms with Crippen LogP contribution in [0.1, 0.15) is 43.0 Å². The molecule has 0 aliphatic carbocycles. The molecule has 0 spiro atoms. The van der Waals surface area contributed by atoms with Gasteiger partial charge in [-0.1, -0.05) is 61.4 Å². The Kier molecular flexibility index (Phi) is 10.6. The molecule has 0 aromatic heterocycles. The van der Waals surface area contributed by atoms with Gasteiger partial charge in [-0.25, -0.2) is 8.42 Å². The summed E-state index contributed by atoms with van der Waals surface area (Å²) in [5, 5.41) is 2.90. The molecule has 0 saturated heterocycles. The number of carbonyl (C=O) groups excluding carboxylic acids is 2. The summed E-state index contributed by atoms with van der Waals surface area (Å²) in [7, 11) is -2.56. The Morgan fingerprint density at radius 2 is 1.56 bits per heavy atom. The molecular weight excluding hydrogens is 538 g/mol. The standard InChI is InChI=1S/C32H41N3O5S/c1-22(2)19-33-32(37)26(6)34(20-27-9-8-10-28(18-27)40-7)31(36)21-35(30-16-13-24(4)17-25(30)5)41(38,39)29-14-11-23(3)12-15-29/h8-18,22,26H,19-21H2,1-7H3,(H,33,37)/t26-/m0/s1. The molecule has 3 aromatic rings. The zero-order valence-corrected chi connectivity index (χ0v) is 25.8. The fourth-order valence-corrected chi connectivity index (χ4v) is 5.92. The van der Waals surface area contributed by atoms with Crippen molar-refractivity contribution in [2.75, 3.05) is 24.5 Å². The number of sulfonamides is 1. The number of anilines is 1. The van der Waals surface area contributed by atoms with Crippen molar-refractivity contribution in [3.63, 3.8) is 0 Å². The van der Waals surface area contributed by atoms with Crippen LogP contribution in [-0.4, -0.2) is 51.4 Å². The summed E-state index contributed by atoms with van der Waals surface area (Å²) in [5.41, 5.74) is 3.77. The van der Waals surface area contributed by atoms with Crippen LogP contribution in [0.2, 0.25) is 0 Å². The second-order valence-electron chi connectivity index (χ2n) is 10.8. The maximum atomic E-state index is 14.1. The first-order valence-corrected chi connectivity index (χ1v) is 15.1. The van der Waals surface area contributed by atoms with Gasteiger partial charge < -0.3 is 15.0 Å². The van der Waals surface area contributed by atoms with E-state index in [9.17, 15) is 18.0 Å². The van der Waals surface area contributed by atoms with Gasteiger partial charge in [0.25, 0.3) is 10.0 Å². The van der Waals surface area contributed by atoms with E-state index >= 15 is 0 Å². The highest BCUT2D eigenvalue weighted by Gasteiger charge is 2.33. The Labute approximate surface area is 244 Å². The second-order valence-corrected chi connectivity index (χ2v) is 12.7. The van der Waals surface area contributed by atoms with E-state index in [2.05, 4.69) is 5.32 Å². The third kappa shape index (κ3) is 8.10. The molecule has 0 aliphatic heterocycles. The average molecular weight is 580 g/mol. The Balaban J connectivity index is 2.05. The van der Waals surface area contributed by atoms with Gasteiger partial charge in [-0.05, 0) is 75.1 Å². The van der Waals surface area contributed by atoms with Gasteiger partial charge in [-0.2, -0.15) is 0 Å². The number of amides is 2. The number of ether oxygens (including phenoxy) is 1. The first-order valence-electron chi connectivity index (χ1n) is 13.7. The lowest BCUT2D eigenvalue weighted by molar-refractivity contribution is -0.139. The normalized spacial score (nSPS) is 12.1. The van der Waals surface area contributed by atoms with Crippen molar-refractivity contribution in [2.24, 2.45) is 5.92 Å². The summed E-state index contributed by atoms with van der Waals surface area (Å²) in [5.74, 6) is 0.0316. The van der Waals surface area contributed by atoms with Crippen LogP contribution in [-0.2, 0) is 26.2 Å². The highest BCUT2D eigenvalue weighted by Crippen LogP contribution is 2.28. The van der Waals surface area contributed by atoms with E-state index in [-0.39, 0.29) is 23.3 Å². The highest BCUT2D eigenvalue weighted by atomic mass is 32.2. The number of aryl methyl sites for hydroxylation is 3. The van der Waals surface area contributed by atoms with Crippen LogP contribution in [0.5, 0.6) is 5.75 Å². The maximum absolute atomic E-state index is 14.1. The number of hydrogen-bond donors (Lipinski definition) is 1. The van der Waals surface area contributed by atoms with Gasteiger partial charge in [0.2, 0.25) is 11.8 Å². The van der Waals surface area contributed by atoms with Crippen molar-refractivity contribution in [3.8, 4) is 5.75 Å². The predicted molar refractivity (Wildman–Crippen MR) is 162 cm³/mol. The SMILES string of the molecule is COc1cccc(CN(C(=O)CN(c2ccc(C)cc2C)S(=O)(=O)c2ccc(C)cc2)[C@@H](C)C(=O)NCC(C)C)c1. The molecule has 8 nitrogen and oxygen atoms in total. The van der Waals surface area contributed by atoms with E-state index in [1.807, 2.05) is 58.9 Å². The molecule has 0 aliphatic rings. The van der Waals surface area contributed by atoms with Gasteiger partial charge in [-0.15, -0.1) is 0 Å². The van der Waals surface area contributed by atoms with Crippen LogP contribution < -0.4 is 14.4 Å². The molecule has 0 unspecified atom stereocenters. The van der Waals surface area contributed by atoms with Gasteiger partial charge in [0, 0.05) is 13.1 Å². The summed E-state index contributed by atoms with van der Waals surface area (Å²) in [6, 6.07) is 18.4. The summed E-state index contributed by atoms with van der Waals surface area (Å²) < 4.78 is 34.5. The van der Waals surface area contributed by atoms with Gasteiger partial charge in [-0.3, -0.25) is 13.9 Å². The zero-order valence-electron chi connectivity index (χ0n) is 25.0. The van der Waals surface area contributed by atoms with Crippen molar-refractivity contribution in [2.45, 2.75) is 59.0 Å². The van der Waals surface area contributed by atoms with Crippen molar-refractivity contribution < 1.29 is 22.7 Å². The lowest BCUT2D eigenvalue weighted by atomic mass is 10.1. The number of nitrogens with one attached hydrogen (secondary N) is 1. The summed E-state index contributed by atoms with van der Waals surface area (Å²) >= 11 is 0. The first-order chi connectivity index (χ1) is 19.3. The van der Waals surface area contributed by atoms with Crippen molar-refractivity contribution in [1.29, 1.82) is 0 Å². The smallest absolute Gasteiger partial charge is 0.264 e. The van der Waals surface area contributed by atoms with Crippen molar-refractivity contribution in [3.05, 3.63) is 89.0 Å². The maximum Gasteiger partial charge on any atom is 0.264 e. The number of carbonyl (C=O) groups is 2. The Morgan fingerprint density at radius 3 is 2.17 bits per heavy atom. The lowest BCUT2D eigenvalue weighted by Crippen LogP contribution is -2.51. The molecule has 1 atom stereocenters. The Hall–Kier alpha value is -3.85. The Bertz CT molecular complexity index is 1470. The van der Waals surface area contributed by atoms with E-state index in [0.717, 1.165) is 26.6 Å². The summed E-state index contributed by atoms with van der Waals surface area (Å²) in [4.78, 5) is 28.7. The number of benzene rings is 3. The number of rotatable bonds is 12. The molecule has 3 aromatic carbocycles. The third-order valence-electron chi connectivity index (χ3n) is 6.85. The van der Waals surface area contributed by atoms with Gasteiger partial charge in [0.1, 0.15) is 18.3 Å². The van der Waals surface area contributed by atoms with Crippen molar-refractivity contribution >= 4 is 27.5 Å². The van der Waals surface area contributed by atoms with Crippen LogP contribution in [0.15, 0.2) is 71.6 Å². The first kappa shape index (κ1) is 31.7. The van der Waals surface area contributed by atoms with Crippen LogP contribution in [0, 0.1) is 26.7 Å². The minimum atomic E-state index is -4.12. The largest absolute Gasteiger partial charge is 0.497 e. The molecular formula is C32H41N3O5S. The molecule has 3 rings (SSSR count). The topological polar surface area (TPSA) is 96.0 Å². The van der Waals surface area contributed by atoms with E-state index in [1.54, 1.807) is 56.5 Å².